The smallest absolute Gasteiger partial charge is 0.253 e. The highest BCUT2D eigenvalue weighted by Crippen LogP contribution is 2.22. The van der Waals surface area contributed by atoms with Gasteiger partial charge in [0.05, 0.1) is 23.5 Å². The summed E-state index contributed by atoms with van der Waals surface area (Å²) in [7, 11) is -3.46. The van der Waals surface area contributed by atoms with Gasteiger partial charge in [-0.15, -0.1) is 0 Å². The Hall–Kier alpha value is -2.34. The van der Waals surface area contributed by atoms with E-state index in [0.717, 1.165) is 18.2 Å². The van der Waals surface area contributed by atoms with Gasteiger partial charge in [0.2, 0.25) is 10.0 Å². The largest absolute Gasteiger partial charge is 0.345 e. The minimum atomic E-state index is -3.46. The molecule has 2 aromatic rings. The number of carbonyl (C=O) groups excluding carboxylic acids is 1. The standard InChI is InChI=1S/C19H24N2O3S/c1-5-17(15-11-10-13(2)14(3)12-15)20-19(22)16-8-6-7-9-18(16)21-25(4,23)24/h6-12,17,21H,5H2,1-4H3,(H,20,22)/t17-/m0/s1. The molecule has 0 saturated heterocycles. The Morgan fingerprint density at radius 2 is 1.76 bits per heavy atom. The number of anilines is 1. The normalized spacial score (nSPS) is 12.5. The Morgan fingerprint density at radius 3 is 2.36 bits per heavy atom. The maximum Gasteiger partial charge on any atom is 0.253 e. The average Bonchev–Trinajstić information content (AvgIpc) is 2.54. The van der Waals surface area contributed by atoms with Crippen LogP contribution in [0, 0.1) is 13.8 Å². The molecule has 0 fully saturated rings. The summed E-state index contributed by atoms with van der Waals surface area (Å²) in [5, 5.41) is 3.00. The van der Waals surface area contributed by atoms with Crippen molar-refractivity contribution in [3.05, 3.63) is 64.7 Å². The second-order valence-corrected chi connectivity index (χ2v) is 7.95. The number of aryl methyl sites for hydroxylation is 2. The molecule has 134 valence electrons. The van der Waals surface area contributed by atoms with Gasteiger partial charge in [-0.3, -0.25) is 9.52 Å². The predicted octanol–water partition coefficient (Wildman–Crippen LogP) is 3.56. The van der Waals surface area contributed by atoms with Crippen molar-refractivity contribution in [3.63, 3.8) is 0 Å². The van der Waals surface area contributed by atoms with Gasteiger partial charge < -0.3 is 5.32 Å². The molecule has 1 atom stereocenters. The maximum absolute atomic E-state index is 12.7. The van der Waals surface area contributed by atoms with E-state index in [4.69, 9.17) is 0 Å². The second kappa shape index (κ2) is 7.70. The first-order valence-electron chi connectivity index (χ1n) is 8.16. The number of benzene rings is 2. The van der Waals surface area contributed by atoms with Gasteiger partial charge in [-0.25, -0.2) is 8.42 Å². The van der Waals surface area contributed by atoms with Gasteiger partial charge in [0.15, 0.2) is 0 Å². The van der Waals surface area contributed by atoms with Crippen molar-refractivity contribution in [2.45, 2.75) is 33.2 Å². The minimum Gasteiger partial charge on any atom is -0.345 e. The van der Waals surface area contributed by atoms with Crippen molar-refractivity contribution in [3.8, 4) is 0 Å². The highest BCUT2D eigenvalue weighted by Gasteiger charge is 2.18. The predicted molar refractivity (Wildman–Crippen MR) is 101 cm³/mol. The highest BCUT2D eigenvalue weighted by atomic mass is 32.2. The number of para-hydroxylation sites is 1. The Balaban J connectivity index is 2.27. The molecule has 0 heterocycles. The molecule has 25 heavy (non-hydrogen) atoms. The third-order valence-corrected chi connectivity index (χ3v) is 4.70. The molecule has 1 amide bonds. The molecule has 2 rings (SSSR count). The number of carbonyl (C=O) groups is 1. The molecule has 2 N–H and O–H groups in total. The Morgan fingerprint density at radius 1 is 1.08 bits per heavy atom. The lowest BCUT2D eigenvalue weighted by atomic mass is 9.99. The first-order valence-corrected chi connectivity index (χ1v) is 10.0. The van der Waals surface area contributed by atoms with E-state index in [2.05, 4.69) is 16.1 Å². The van der Waals surface area contributed by atoms with E-state index in [1.54, 1.807) is 24.3 Å². The molecule has 0 aliphatic carbocycles. The van der Waals surface area contributed by atoms with Crippen LogP contribution in [0.15, 0.2) is 42.5 Å². The molecule has 0 aromatic heterocycles. The van der Waals surface area contributed by atoms with Crippen molar-refractivity contribution in [1.29, 1.82) is 0 Å². The van der Waals surface area contributed by atoms with Crippen LogP contribution < -0.4 is 10.0 Å². The van der Waals surface area contributed by atoms with Crippen LogP contribution in [0.4, 0.5) is 5.69 Å². The molecular weight excluding hydrogens is 336 g/mol. The summed E-state index contributed by atoms with van der Waals surface area (Å²) in [5.41, 5.74) is 3.98. The molecule has 0 aliphatic rings. The number of rotatable bonds is 6. The lowest BCUT2D eigenvalue weighted by Crippen LogP contribution is -2.29. The van der Waals surface area contributed by atoms with Crippen LogP contribution in [0.3, 0.4) is 0 Å². The quantitative estimate of drug-likeness (QED) is 0.827. The lowest BCUT2D eigenvalue weighted by molar-refractivity contribution is 0.0936. The van der Waals surface area contributed by atoms with E-state index >= 15 is 0 Å². The van der Waals surface area contributed by atoms with E-state index in [1.165, 1.54) is 11.1 Å². The fourth-order valence-corrected chi connectivity index (χ4v) is 3.19. The summed E-state index contributed by atoms with van der Waals surface area (Å²) in [6.45, 7) is 6.09. The Kier molecular flexibility index (Phi) is 5.85. The van der Waals surface area contributed by atoms with Crippen molar-refractivity contribution >= 4 is 21.6 Å². The van der Waals surface area contributed by atoms with Crippen molar-refractivity contribution in [2.24, 2.45) is 0 Å². The molecule has 2 aromatic carbocycles. The summed E-state index contributed by atoms with van der Waals surface area (Å²) in [6, 6.07) is 12.6. The van der Waals surface area contributed by atoms with E-state index < -0.39 is 10.0 Å². The van der Waals surface area contributed by atoms with Crippen LogP contribution in [0.1, 0.15) is 46.4 Å². The lowest BCUT2D eigenvalue weighted by Gasteiger charge is -2.20. The van der Waals surface area contributed by atoms with Crippen molar-refractivity contribution < 1.29 is 13.2 Å². The highest BCUT2D eigenvalue weighted by molar-refractivity contribution is 7.92. The van der Waals surface area contributed by atoms with E-state index in [1.807, 2.05) is 32.9 Å². The molecule has 0 unspecified atom stereocenters. The van der Waals surface area contributed by atoms with Gasteiger partial charge in [0.25, 0.3) is 5.91 Å². The van der Waals surface area contributed by atoms with E-state index in [0.29, 0.717) is 5.56 Å². The fraction of sp³-hybridized carbons (Fsp3) is 0.316. The Bertz CT molecular complexity index is 876. The number of hydrogen-bond acceptors (Lipinski definition) is 3. The molecule has 6 heteroatoms. The molecule has 0 spiro atoms. The first-order chi connectivity index (χ1) is 11.7. The number of hydrogen-bond donors (Lipinski definition) is 2. The third-order valence-electron chi connectivity index (χ3n) is 4.11. The molecule has 0 saturated carbocycles. The first kappa shape index (κ1) is 19.0. The van der Waals surface area contributed by atoms with E-state index in [-0.39, 0.29) is 17.6 Å². The van der Waals surface area contributed by atoms with Crippen LogP contribution >= 0.6 is 0 Å². The monoisotopic (exact) mass is 360 g/mol. The summed E-state index contributed by atoms with van der Waals surface area (Å²) in [5.74, 6) is -0.308. The summed E-state index contributed by atoms with van der Waals surface area (Å²) >= 11 is 0. The van der Waals surface area contributed by atoms with Gasteiger partial charge in [0.1, 0.15) is 0 Å². The van der Waals surface area contributed by atoms with Crippen LogP contribution in [-0.2, 0) is 10.0 Å². The number of nitrogens with one attached hydrogen (secondary N) is 2. The van der Waals surface area contributed by atoms with E-state index in [9.17, 15) is 13.2 Å². The van der Waals surface area contributed by atoms with Gasteiger partial charge in [-0.05, 0) is 49.1 Å². The summed E-state index contributed by atoms with van der Waals surface area (Å²) in [4.78, 5) is 12.7. The van der Waals surface area contributed by atoms with Crippen LogP contribution in [0.5, 0.6) is 0 Å². The zero-order valence-electron chi connectivity index (χ0n) is 15.0. The summed E-state index contributed by atoms with van der Waals surface area (Å²) in [6.07, 6.45) is 1.79. The van der Waals surface area contributed by atoms with Crippen LogP contribution in [-0.4, -0.2) is 20.6 Å². The number of sulfonamides is 1. The third kappa shape index (κ3) is 5.06. The number of amides is 1. The average molecular weight is 360 g/mol. The van der Waals surface area contributed by atoms with Crippen LogP contribution in [0.2, 0.25) is 0 Å². The van der Waals surface area contributed by atoms with Crippen LogP contribution in [0.25, 0.3) is 0 Å². The van der Waals surface area contributed by atoms with Gasteiger partial charge in [-0.1, -0.05) is 37.3 Å². The zero-order valence-corrected chi connectivity index (χ0v) is 15.8. The molecular formula is C19H24N2O3S. The van der Waals surface area contributed by atoms with Crippen molar-refractivity contribution in [1.82, 2.24) is 5.32 Å². The topological polar surface area (TPSA) is 75.3 Å². The Labute approximate surface area is 149 Å². The summed E-state index contributed by atoms with van der Waals surface area (Å²) < 4.78 is 25.4. The molecule has 0 radical (unpaired) electrons. The molecule has 0 bridgehead atoms. The fourth-order valence-electron chi connectivity index (χ4n) is 2.61. The van der Waals surface area contributed by atoms with Gasteiger partial charge >= 0.3 is 0 Å². The van der Waals surface area contributed by atoms with Gasteiger partial charge in [-0.2, -0.15) is 0 Å². The maximum atomic E-state index is 12.7. The SMILES string of the molecule is CC[C@H](NC(=O)c1ccccc1NS(C)(=O)=O)c1ccc(C)c(C)c1. The van der Waals surface area contributed by atoms with Gasteiger partial charge in [0, 0.05) is 0 Å². The molecule has 5 nitrogen and oxygen atoms in total. The van der Waals surface area contributed by atoms with Crippen molar-refractivity contribution in [2.75, 3.05) is 11.0 Å². The molecule has 0 aliphatic heterocycles. The zero-order chi connectivity index (χ0) is 18.6. The second-order valence-electron chi connectivity index (χ2n) is 6.20. The minimum absolute atomic E-state index is 0.141.